The first-order valence-electron chi connectivity index (χ1n) is 11.1. The first-order chi connectivity index (χ1) is 16.8. The molecule has 1 atom stereocenters. The molecule has 9 heteroatoms. The zero-order valence-electron chi connectivity index (χ0n) is 19.6. The largest absolute Gasteiger partial charge is 0.489 e. The second kappa shape index (κ2) is 10.9. The Kier molecular flexibility index (Phi) is 7.73. The summed E-state index contributed by atoms with van der Waals surface area (Å²) in [5.74, 6) is 1.28. The molecular formula is C26H25ClN4O3S. The third kappa shape index (κ3) is 5.83. The van der Waals surface area contributed by atoms with Crippen molar-refractivity contribution in [3.63, 3.8) is 0 Å². The number of aryl methyl sites for hydroxylation is 3. The van der Waals surface area contributed by atoms with Crippen LogP contribution in [0.2, 0.25) is 5.02 Å². The number of ether oxygens (including phenoxy) is 1. The number of nitro groups is 1. The van der Waals surface area contributed by atoms with Crippen molar-refractivity contribution in [3.05, 3.63) is 110 Å². The fraction of sp³-hybridized carbons (Fsp3) is 0.231. The Bertz CT molecular complexity index is 1360. The fourth-order valence-electron chi connectivity index (χ4n) is 3.69. The lowest BCUT2D eigenvalue weighted by Gasteiger charge is -2.18. The molecule has 0 bridgehead atoms. The van der Waals surface area contributed by atoms with E-state index in [4.69, 9.17) is 16.3 Å². The van der Waals surface area contributed by atoms with E-state index in [1.807, 2.05) is 73.0 Å². The molecule has 0 saturated carbocycles. The van der Waals surface area contributed by atoms with Crippen molar-refractivity contribution < 1.29 is 9.66 Å². The minimum atomic E-state index is -0.540. The number of thioether (sulfide) groups is 1. The number of nitrogens with zero attached hydrogens (tertiary/aromatic N) is 4. The quantitative estimate of drug-likeness (QED) is 0.145. The molecule has 0 fully saturated rings. The average molecular weight is 509 g/mol. The van der Waals surface area contributed by atoms with Crippen LogP contribution in [0.15, 0.2) is 71.9 Å². The molecule has 7 nitrogen and oxygen atoms in total. The summed E-state index contributed by atoms with van der Waals surface area (Å²) < 4.78 is 8.02. The Morgan fingerprint density at radius 3 is 2.51 bits per heavy atom. The Labute approximate surface area is 213 Å². The van der Waals surface area contributed by atoms with Gasteiger partial charge in [0, 0.05) is 26.8 Å². The van der Waals surface area contributed by atoms with E-state index in [0.29, 0.717) is 27.3 Å². The molecule has 0 saturated heterocycles. The van der Waals surface area contributed by atoms with Crippen molar-refractivity contribution in [2.75, 3.05) is 6.54 Å². The highest BCUT2D eigenvalue weighted by Crippen LogP contribution is 2.40. The molecule has 3 aromatic carbocycles. The minimum Gasteiger partial charge on any atom is -0.489 e. The molecule has 0 radical (unpaired) electrons. The topological polar surface area (TPSA) is 83.1 Å². The van der Waals surface area contributed by atoms with Crippen LogP contribution >= 0.6 is 23.4 Å². The number of halogens is 1. The van der Waals surface area contributed by atoms with Gasteiger partial charge in [0.2, 0.25) is 6.54 Å². The van der Waals surface area contributed by atoms with Gasteiger partial charge in [0.1, 0.15) is 23.4 Å². The first kappa shape index (κ1) is 24.8. The van der Waals surface area contributed by atoms with E-state index >= 15 is 0 Å². The Morgan fingerprint density at radius 1 is 1.03 bits per heavy atom. The number of hydrogen-bond donors (Lipinski definition) is 0. The number of aromatic nitrogens is 3. The van der Waals surface area contributed by atoms with Crippen LogP contribution in [0.3, 0.4) is 0 Å². The van der Waals surface area contributed by atoms with Gasteiger partial charge in [-0.2, -0.15) is 0 Å². The van der Waals surface area contributed by atoms with Gasteiger partial charge >= 0.3 is 0 Å². The van der Waals surface area contributed by atoms with Gasteiger partial charge in [0.15, 0.2) is 5.16 Å². The molecule has 0 spiro atoms. The van der Waals surface area contributed by atoms with E-state index in [0.717, 1.165) is 16.8 Å². The molecule has 180 valence electrons. The first-order valence-corrected chi connectivity index (χ1v) is 12.3. The molecule has 0 unspecified atom stereocenters. The van der Waals surface area contributed by atoms with E-state index in [9.17, 15) is 10.1 Å². The summed E-state index contributed by atoms with van der Waals surface area (Å²) in [5, 5.41) is 20.9. The van der Waals surface area contributed by atoms with Crippen LogP contribution < -0.4 is 4.74 Å². The predicted molar refractivity (Wildman–Crippen MR) is 138 cm³/mol. The van der Waals surface area contributed by atoms with Gasteiger partial charge in [-0.05, 0) is 56.2 Å². The lowest BCUT2D eigenvalue weighted by molar-refractivity contribution is -0.479. The molecule has 1 aromatic heterocycles. The van der Waals surface area contributed by atoms with Gasteiger partial charge in [-0.1, -0.05) is 65.8 Å². The molecular weight excluding hydrogens is 484 g/mol. The lowest BCUT2D eigenvalue weighted by atomic mass is 10.1. The van der Waals surface area contributed by atoms with E-state index in [1.165, 1.54) is 17.3 Å². The number of para-hydroxylation sites is 1. The maximum Gasteiger partial charge on any atom is 0.220 e. The van der Waals surface area contributed by atoms with Crippen molar-refractivity contribution in [2.24, 2.45) is 0 Å². The lowest BCUT2D eigenvalue weighted by Crippen LogP contribution is -2.12. The van der Waals surface area contributed by atoms with Crippen molar-refractivity contribution in [1.82, 2.24) is 14.8 Å². The summed E-state index contributed by atoms with van der Waals surface area (Å²) in [5.41, 5.74) is 4.80. The molecule has 1 heterocycles. The molecule has 4 rings (SSSR count). The Hall–Kier alpha value is -3.36. The van der Waals surface area contributed by atoms with Gasteiger partial charge < -0.3 is 4.74 Å². The number of rotatable bonds is 9. The number of hydrogen-bond acceptors (Lipinski definition) is 6. The third-order valence-electron chi connectivity index (χ3n) is 5.71. The van der Waals surface area contributed by atoms with Crippen LogP contribution in [-0.2, 0) is 6.61 Å². The van der Waals surface area contributed by atoms with E-state index in [1.54, 1.807) is 6.07 Å². The summed E-state index contributed by atoms with van der Waals surface area (Å²) in [6, 6.07) is 20.9. The maximum absolute atomic E-state index is 11.6. The van der Waals surface area contributed by atoms with E-state index in [2.05, 4.69) is 23.2 Å². The van der Waals surface area contributed by atoms with E-state index < -0.39 is 5.25 Å². The van der Waals surface area contributed by atoms with Gasteiger partial charge in [0.05, 0.1) is 0 Å². The van der Waals surface area contributed by atoms with Gasteiger partial charge in [-0.15, -0.1) is 10.2 Å². The van der Waals surface area contributed by atoms with Crippen LogP contribution in [0.4, 0.5) is 0 Å². The van der Waals surface area contributed by atoms with Crippen molar-refractivity contribution in [2.45, 2.75) is 37.8 Å². The second-order valence-electron chi connectivity index (χ2n) is 8.17. The fourth-order valence-corrected chi connectivity index (χ4v) is 5.09. The second-order valence-corrected chi connectivity index (χ2v) is 9.75. The zero-order chi connectivity index (χ0) is 24.9. The molecule has 4 aromatic rings. The highest BCUT2D eigenvalue weighted by atomic mass is 35.5. The average Bonchev–Trinajstić information content (AvgIpc) is 3.19. The van der Waals surface area contributed by atoms with Crippen LogP contribution in [0, 0.1) is 30.9 Å². The van der Waals surface area contributed by atoms with Crippen LogP contribution in [0.1, 0.15) is 33.3 Å². The molecule has 0 aliphatic rings. The van der Waals surface area contributed by atoms with Gasteiger partial charge in [-0.25, -0.2) is 0 Å². The molecule has 0 amide bonds. The summed E-state index contributed by atoms with van der Waals surface area (Å²) in [6.45, 7) is 5.93. The van der Waals surface area contributed by atoms with Crippen molar-refractivity contribution in [3.8, 4) is 11.4 Å². The van der Waals surface area contributed by atoms with Crippen LogP contribution in [-0.4, -0.2) is 26.2 Å². The highest BCUT2D eigenvalue weighted by molar-refractivity contribution is 7.99. The molecule has 0 N–H and O–H groups in total. The minimum absolute atomic E-state index is 0.254. The predicted octanol–water partition coefficient (Wildman–Crippen LogP) is 6.54. The standard InChI is InChI=1S/C26H25ClN4O3S/c1-17-12-13-21(14-18(17)2)31-19(3)28-29-26(31)35-25(15-30(32)33)22-9-5-7-11-24(22)34-16-20-8-4-6-10-23(20)27/h4-14,25H,15-16H2,1-3H3/t25-/m0/s1. The summed E-state index contributed by atoms with van der Waals surface area (Å²) >= 11 is 7.58. The summed E-state index contributed by atoms with van der Waals surface area (Å²) in [6.07, 6.45) is 0. The highest BCUT2D eigenvalue weighted by Gasteiger charge is 2.26. The monoisotopic (exact) mass is 508 g/mol. The van der Waals surface area contributed by atoms with Crippen molar-refractivity contribution >= 4 is 23.4 Å². The Balaban J connectivity index is 1.66. The molecule has 0 aliphatic heterocycles. The Morgan fingerprint density at radius 2 is 1.77 bits per heavy atom. The van der Waals surface area contributed by atoms with Crippen molar-refractivity contribution in [1.29, 1.82) is 0 Å². The van der Waals surface area contributed by atoms with Crippen LogP contribution in [0.25, 0.3) is 5.69 Å². The summed E-state index contributed by atoms with van der Waals surface area (Å²) in [4.78, 5) is 11.3. The smallest absolute Gasteiger partial charge is 0.220 e. The SMILES string of the molecule is Cc1ccc(-n2c(C)nnc2S[C@@H](C[N+](=O)[O-])c2ccccc2OCc2ccccc2Cl)cc1C. The molecule has 35 heavy (non-hydrogen) atoms. The van der Waals surface area contributed by atoms with Gasteiger partial charge in [-0.3, -0.25) is 14.7 Å². The normalized spacial score (nSPS) is 11.9. The number of benzene rings is 3. The summed E-state index contributed by atoms with van der Waals surface area (Å²) in [7, 11) is 0. The van der Waals surface area contributed by atoms with Crippen LogP contribution in [0.5, 0.6) is 5.75 Å². The third-order valence-corrected chi connectivity index (χ3v) is 7.24. The molecule has 0 aliphatic carbocycles. The maximum atomic E-state index is 11.6. The van der Waals surface area contributed by atoms with Gasteiger partial charge in [0.25, 0.3) is 0 Å². The van der Waals surface area contributed by atoms with E-state index in [-0.39, 0.29) is 18.1 Å². The zero-order valence-corrected chi connectivity index (χ0v) is 21.2.